The molecule has 0 amide bonds. The van der Waals surface area contributed by atoms with Gasteiger partial charge >= 0.3 is 0 Å². The average molecular weight is 253 g/mol. The van der Waals surface area contributed by atoms with Gasteiger partial charge in [-0.1, -0.05) is 17.7 Å². The summed E-state index contributed by atoms with van der Waals surface area (Å²) in [6, 6.07) is 3.41. The summed E-state index contributed by atoms with van der Waals surface area (Å²) in [4.78, 5) is 0. The van der Waals surface area contributed by atoms with Crippen molar-refractivity contribution in [3.05, 3.63) is 33.8 Å². The minimum atomic E-state index is -3.51. The first-order chi connectivity index (χ1) is 6.29. The molecule has 0 aliphatic heterocycles. The topological polar surface area (TPSA) is 34.1 Å². The molecule has 0 atom stereocenters. The Balaban J connectivity index is 3.14. The zero-order chi connectivity index (χ0) is 10.9. The van der Waals surface area contributed by atoms with E-state index in [0.29, 0.717) is 10.6 Å². The molecule has 0 spiro atoms. The molecular weight excluding hydrogens is 243 g/mol. The summed E-state index contributed by atoms with van der Waals surface area (Å²) in [6.45, 7) is 3.77. The Morgan fingerprint density at radius 3 is 2.29 bits per heavy atom. The summed E-state index contributed by atoms with van der Waals surface area (Å²) in [6.07, 6.45) is 0. The summed E-state index contributed by atoms with van der Waals surface area (Å²) < 4.78 is 21.7. The fourth-order valence-electron chi connectivity index (χ4n) is 1.17. The lowest BCUT2D eigenvalue weighted by atomic mass is 10.1. The highest BCUT2D eigenvalue weighted by molar-refractivity contribution is 8.13. The molecule has 0 heterocycles. The summed E-state index contributed by atoms with van der Waals surface area (Å²) in [5, 5.41) is 0.570. The lowest BCUT2D eigenvalue weighted by Gasteiger charge is -2.06. The van der Waals surface area contributed by atoms with Gasteiger partial charge in [0.1, 0.15) is 0 Å². The van der Waals surface area contributed by atoms with Gasteiger partial charge in [-0.2, -0.15) is 0 Å². The predicted molar refractivity (Wildman–Crippen MR) is 59.4 cm³/mol. The van der Waals surface area contributed by atoms with E-state index in [1.54, 1.807) is 12.1 Å². The minimum absolute atomic E-state index is 0.185. The molecular formula is C9H10Cl2O2S. The molecule has 0 radical (unpaired) electrons. The SMILES string of the molecule is Cc1cc(CS(=O)(=O)Cl)cc(Cl)c1C. The first kappa shape index (κ1) is 11.8. The van der Waals surface area contributed by atoms with Crippen LogP contribution in [0.4, 0.5) is 0 Å². The van der Waals surface area contributed by atoms with E-state index in [0.717, 1.165) is 11.1 Å². The van der Waals surface area contributed by atoms with Crippen molar-refractivity contribution in [2.75, 3.05) is 0 Å². The summed E-state index contributed by atoms with van der Waals surface area (Å²) in [7, 11) is 1.63. The van der Waals surface area contributed by atoms with Gasteiger partial charge in [0.2, 0.25) is 9.05 Å². The molecule has 78 valence electrons. The Labute approximate surface area is 93.3 Å². The van der Waals surface area contributed by atoms with E-state index in [2.05, 4.69) is 0 Å². The molecule has 5 heteroatoms. The molecule has 1 rings (SSSR count). The Morgan fingerprint density at radius 1 is 1.29 bits per heavy atom. The van der Waals surface area contributed by atoms with Gasteiger partial charge in [0.15, 0.2) is 0 Å². The Bertz CT molecular complexity index is 429. The van der Waals surface area contributed by atoms with Gasteiger partial charge in [-0.05, 0) is 36.6 Å². The largest absolute Gasteiger partial charge is 0.236 e. The van der Waals surface area contributed by atoms with Crippen molar-refractivity contribution in [2.45, 2.75) is 19.6 Å². The van der Waals surface area contributed by atoms with E-state index < -0.39 is 9.05 Å². The summed E-state index contributed by atoms with van der Waals surface area (Å²) >= 11 is 5.91. The van der Waals surface area contributed by atoms with E-state index in [9.17, 15) is 8.42 Å². The van der Waals surface area contributed by atoms with Crippen molar-refractivity contribution < 1.29 is 8.42 Å². The second kappa shape index (κ2) is 4.09. The highest BCUT2D eigenvalue weighted by Crippen LogP contribution is 2.22. The summed E-state index contributed by atoms with van der Waals surface area (Å²) in [5.74, 6) is -0.185. The standard InChI is InChI=1S/C9H10Cl2O2S/c1-6-3-8(5-14(11,12)13)4-9(10)7(6)2/h3-4H,5H2,1-2H3. The maximum absolute atomic E-state index is 10.8. The maximum atomic E-state index is 10.8. The number of hydrogen-bond acceptors (Lipinski definition) is 2. The molecule has 0 unspecified atom stereocenters. The van der Waals surface area contributed by atoms with Gasteiger partial charge in [0.25, 0.3) is 0 Å². The third-order valence-corrected chi connectivity index (χ3v) is 3.40. The monoisotopic (exact) mass is 252 g/mol. The Morgan fingerprint density at radius 2 is 1.86 bits per heavy atom. The zero-order valence-electron chi connectivity index (χ0n) is 7.84. The van der Waals surface area contributed by atoms with Crippen LogP contribution >= 0.6 is 22.3 Å². The van der Waals surface area contributed by atoms with Crippen LogP contribution in [-0.2, 0) is 14.8 Å². The van der Waals surface area contributed by atoms with Gasteiger partial charge in [0.05, 0.1) is 5.75 Å². The number of aryl methyl sites for hydroxylation is 1. The average Bonchev–Trinajstić information content (AvgIpc) is 1.96. The normalized spacial score (nSPS) is 11.7. The van der Waals surface area contributed by atoms with Crippen LogP contribution in [0.1, 0.15) is 16.7 Å². The molecule has 0 bridgehead atoms. The van der Waals surface area contributed by atoms with Crippen LogP contribution < -0.4 is 0 Å². The van der Waals surface area contributed by atoms with Crippen LogP contribution in [0.2, 0.25) is 5.02 Å². The fraction of sp³-hybridized carbons (Fsp3) is 0.333. The molecule has 0 saturated heterocycles. The molecule has 0 N–H and O–H groups in total. The van der Waals surface area contributed by atoms with E-state index in [4.69, 9.17) is 22.3 Å². The number of hydrogen-bond donors (Lipinski definition) is 0. The Kier molecular flexibility index (Phi) is 3.45. The molecule has 0 aliphatic rings. The van der Waals surface area contributed by atoms with Crippen molar-refractivity contribution in [2.24, 2.45) is 0 Å². The molecule has 0 fully saturated rings. The van der Waals surface area contributed by atoms with Crippen LogP contribution in [0.5, 0.6) is 0 Å². The van der Waals surface area contributed by atoms with Crippen molar-refractivity contribution in [3.63, 3.8) is 0 Å². The maximum Gasteiger partial charge on any atom is 0.236 e. The second-order valence-corrected chi connectivity index (χ2v) is 6.39. The highest BCUT2D eigenvalue weighted by Gasteiger charge is 2.09. The Hall–Kier alpha value is -0.250. The van der Waals surface area contributed by atoms with E-state index in [-0.39, 0.29) is 5.75 Å². The fourth-order valence-corrected chi connectivity index (χ4v) is 2.40. The minimum Gasteiger partial charge on any atom is -0.212 e. The van der Waals surface area contributed by atoms with Crippen LogP contribution in [0, 0.1) is 13.8 Å². The third-order valence-electron chi connectivity index (χ3n) is 2.00. The van der Waals surface area contributed by atoms with Crippen molar-refractivity contribution in [1.29, 1.82) is 0 Å². The molecule has 0 aromatic heterocycles. The molecule has 1 aromatic carbocycles. The van der Waals surface area contributed by atoms with Crippen molar-refractivity contribution in [1.82, 2.24) is 0 Å². The third kappa shape index (κ3) is 3.15. The van der Waals surface area contributed by atoms with Crippen molar-refractivity contribution >= 4 is 31.3 Å². The number of halogens is 2. The number of benzene rings is 1. The van der Waals surface area contributed by atoms with Gasteiger partial charge in [0, 0.05) is 15.7 Å². The first-order valence-electron chi connectivity index (χ1n) is 3.97. The predicted octanol–water partition coefficient (Wildman–Crippen LogP) is 3.03. The van der Waals surface area contributed by atoms with Crippen molar-refractivity contribution in [3.8, 4) is 0 Å². The molecule has 2 nitrogen and oxygen atoms in total. The van der Waals surface area contributed by atoms with Crippen LogP contribution in [0.25, 0.3) is 0 Å². The second-order valence-electron chi connectivity index (χ2n) is 3.20. The number of rotatable bonds is 2. The molecule has 1 aromatic rings. The highest BCUT2D eigenvalue weighted by atomic mass is 35.7. The van der Waals surface area contributed by atoms with E-state index >= 15 is 0 Å². The first-order valence-corrected chi connectivity index (χ1v) is 6.83. The quantitative estimate of drug-likeness (QED) is 0.759. The smallest absolute Gasteiger partial charge is 0.212 e. The van der Waals surface area contributed by atoms with E-state index in [1.165, 1.54) is 0 Å². The lowest BCUT2D eigenvalue weighted by Crippen LogP contribution is -1.96. The summed E-state index contributed by atoms with van der Waals surface area (Å²) in [5.41, 5.74) is 2.54. The van der Waals surface area contributed by atoms with Gasteiger partial charge in [-0.3, -0.25) is 0 Å². The molecule has 0 aliphatic carbocycles. The zero-order valence-corrected chi connectivity index (χ0v) is 10.2. The molecule has 14 heavy (non-hydrogen) atoms. The van der Waals surface area contributed by atoms with Crippen LogP contribution in [-0.4, -0.2) is 8.42 Å². The molecule has 0 saturated carbocycles. The van der Waals surface area contributed by atoms with E-state index in [1.807, 2.05) is 13.8 Å². The van der Waals surface area contributed by atoms with Gasteiger partial charge in [-0.25, -0.2) is 8.42 Å². The van der Waals surface area contributed by atoms with Crippen LogP contribution in [0.15, 0.2) is 12.1 Å². The van der Waals surface area contributed by atoms with Gasteiger partial charge < -0.3 is 0 Å². The van der Waals surface area contributed by atoms with Crippen LogP contribution in [0.3, 0.4) is 0 Å². The lowest BCUT2D eigenvalue weighted by molar-refractivity contribution is 0.609. The van der Waals surface area contributed by atoms with Gasteiger partial charge in [-0.15, -0.1) is 0 Å².